The topological polar surface area (TPSA) is 41.6 Å². The molecule has 2 aliphatic rings. The van der Waals surface area contributed by atoms with Gasteiger partial charge in [0.2, 0.25) is 5.91 Å². The number of benzene rings is 1. The van der Waals surface area contributed by atoms with Gasteiger partial charge in [0, 0.05) is 25.6 Å². The lowest BCUT2D eigenvalue weighted by Gasteiger charge is -2.39. The van der Waals surface area contributed by atoms with Crippen molar-refractivity contribution in [1.29, 1.82) is 0 Å². The second-order valence-electron chi connectivity index (χ2n) is 6.68. The lowest BCUT2D eigenvalue weighted by atomic mass is 9.86. The number of hydrogen-bond acceptors (Lipinski definition) is 3. The van der Waals surface area contributed by atoms with Crippen LogP contribution >= 0.6 is 0 Å². The van der Waals surface area contributed by atoms with E-state index in [0.717, 1.165) is 31.5 Å². The SMILES string of the molecule is C[C@]12CCN(CCOc3cccc(C(F)(F)F)c3)[C@H]1CCC(=O)N2. The molecule has 1 N–H and O–H groups in total. The molecule has 1 aromatic rings. The predicted molar refractivity (Wildman–Crippen MR) is 82.7 cm³/mol. The van der Waals surface area contributed by atoms with Crippen LogP contribution in [0.5, 0.6) is 5.75 Å². The van der Waals surface area contributed by atoms with E-state index in [2.05, 4.69) is 17.1 Å². The third kappa shape index (κ3) is 3.50. The number of halogens is 3. The second-order valence-corrected chi connectivity index (χ2v) is 6.68. The molecule has 7 heteroatoms. The van der Waals surface area contributed by atoms with E-state index < -0.39 is 11.7 Å². The van der Waals surface area contributed by atoms with Crippen molar-refractivity contribution in [2.24, 2.45) is 0 Å². The van der Waals surface area contributed by atoms with Crippen molar-refractivity contribution < 1.29 is 22.7 Å². The Bertz CT molecular complexity index is 620. The molecule has 132 valence electrons. The maximum atomic E-state index is 12.7. The number of nitrogens with one attached hydrogen (secondary N) is 1. The van der Waals surface area contributed by atoms with Gasteiger partial charge in [0.25, 0.3) is 0 Å². The predicted octanol–water partition coefficient (Wildman–Crippen LogP) is 2.83. The first-order chi connectivity index (χ1) is 11.3. The van der Waals surface area contributed by atoms with E-state index in [0.29, 0.717) is 19.6 Å². The van der Waals surface area contributed by atoms with Gasteiger partial charge < -0.3 is 10.1 Å². The van der Waals surface area contributed by atoms with Crippen LogP contribution in [-0.2, 0) is 11.0 Å². The molecule has 2 heterocycles. The van der Waals surface area contributed by atoms with Gasteiger partial charge >= 0.3 is 6.18 Å². The number of hydrogen-bond donors (Lipinski definition) is 1. The van der Waals surface area contributed by atoms with Gasteiger partial charge in [-0.2, -0.15) is 13.2 Å². The molecule has 2 fully saturated rings. The normalized spacial score (nSPS) is 27.7. The quantitative estimate of drug-likeness (QED) is 0.915. The summed E-state index contributed by atoms with van der Waals surface area (Å²) >= 11 is 0. The van der Waals surface area contributed by atoms with Crippen LogP contribution in [0, 0.1) is 0 Å². The molecular formula is C17H21F3N2O2. The Balaban J connectivity index is 1.55. The molecule has 0 unspecified atom stereocenters. The number of piperidine rings is 1. The van der Waals surface area contributed by atoms with Crippen LogP contribution in [0.4, 0.5) is 13.2 Å². The summed E-state index contributed by atoms with van der Waals surface area (Å²) in [7, 11) is 0. The smallest absolute Gasteiger partial charge is 0.416 e. The number of nitrogens with zero attached hydrogens (tertiary/aromatic N) is 1. The van der Waals surface area contributed by atoms with Crippen molar-refractivity contribution in [3.63, 3.8) is 0 Å². The minimum Gasteiger partial charge on any atom is -0.492 e. The molecule has 4 nitrogen and oxygen atoms in total. The van der Waals surface area contributed by atoms with E-state index in [-0.39, 0.29) is 23.2 Å². The lowest BCUT2D eigenvalue weighted by molar-refractivity contribution is -0.137. The van der Waals surface area contributed by atoms with E-state index >= 15 is 0 Å². The van der Waals surface area contributed by atoms with Gasteiger partial charge in [0.05, 0.1) is 11.1 Å². The molecule has 2 atom stereocenters. The largest absolute Gasteiger partial charge is 0.492 e. The maximum Gasteiger partial charge on any atom is 0.416 e. The molecule has 0 bridgehead atoms. The molecule has 0 saturated carbocycles. The fourth-order valence-corrected chi connectivity index (χ4v) is 3.71. The van der Waals surface area contributed by atoms with E-state index in [1.807, 2.05) is 0 Å². The van der Waals surface area contributed by atoms with E-state index in [9.17, 15) is 18.0 Å². The summed E-state index contributed by atoms with van der Waals surface area (Å²) in [6, 6.07) is 5.20. The Morgan fingerprint density at radius 1 is 1.42 bits per heavy atom. The van der Waals surface area contributed by atoms with Crippen LogP contribution in [-0.4, -0.2) is 42.1 Å². The first-order valence-corrected chi connectivity index (χ1v) is 8.13. The summed E-state index contributed by atoms with van der Waals surface area (Å²) in [5.41, 5.74) is -0.908. The number of rotatable bonds is 4. The summed E-state index contributed by atoms with van der Waals surface area (Å²) in [5.74, 6) is 0.319. The minimum atomic E-state index is -4.36. The molecule has 1 amide bonds. The standard InChI is InChI=1S/C17H21F3N2O2/c1-16-7-8-22(14(16)5-6-15(23)21-16)9-10-24-13-4-2-3-12(11-13)17(18,19)20/h2-4,11,14H,5-10H2,1H3,(H,21,23)/t14-,16-/m0/s1. The van der Waals surface area contributed by atoms with Crippen LogP contribution in [0.3, 0.4) is 0 Å². The summed E-state index contributed by atoms with van der Waals surface area (Å²) in [4.78, 5) is 13.8. The van der Waals surface area contributed by atoms with Crippen molar-refractivity contribution in [3.8, 4) is 5.75 Å². The van der Waals surface area contributed by atoms with Crippen molar-refractivity contribution in [3.05, 3.63) is 29.8 Å². The summed E-state index contributed by atoms with van der Waals surface area (Å²) < 4.78 is 43.6. The Kier molecular flexibility index (Phi) is 4.46. The van der Waals surface area contributed by atoms with Gasteiger partial charge in [0.1, 0.15) is 12.4 Å². The maximum absolute atomic E-state index is 12.7. The molecule has 24 heavy (non-hydrogen) atoms. The first kappa shape index (κ1) is 17.1. The average molecular weight is 342 g/mol. The highest BCUT2D eigenvalue weighted by Crippen LogP contribution is 2.34. The monoisotopic (exact) mass is 342 g/mol. The molecule has 0 radical (unpaired) electrons. The summed E-state index contributed by atoms with van der Waals surface area (Å²) in [6.07, 6.45) is -2.15. The Labute approximate surface area is 139 Å². The van der Waals surface area contributed by atoms with Crippen molar-refractivity contribution >= 4 is 5.91 Å². The number of amides is 1. The zero-order valence-electron chi connectivity index (χ0n) is 13.5. The van der Waals surface area contributed by atoms with Gasteiger partial charge in [-0.15, -0.1) is 0 Å². The van der Waals surface area contributed by atoms with Gasteiger partial charge in [-0.25, -0.2) is 0 Å². The number of ether oxygens (including phenoxy) is 1. The molecule has 0 aromatic heterocycles. The highest BCUT2D eigenvalue weighted by atomic mass is 19.4. The van der Waals surface area contributed by atoms with E-state index in [4.69, 9.17) is 4.74 Å². The summed E-state index contributed by atoms with van der Waals surface area (Å²) in [5, 5.41) is 3.07. The molecule has 0 aliphatic carbocycles. The lowest BCUT2D eigenvalue weighted by Crippen LogP contribution is -2.58. The second kappa shape index (κ2) is 6.27. The number of likely N-dealkylation sites (tertiary alicyclic amines) is 1. The van der Waals surface area contributed by atoms with Gasteiger partial charge in [-0.1, -0.05) is 6.07 Å². The third-order valence-electron chi connectivity index (χ3n) is 4.97. The fourth-order valence-electron chi connectivity index (χ4n) is 3.71. The van der Waals surface area contributed by atoms with Crippen LogP contribution in [0.2, 0.25) is 0 Å². The van der Waals surface area contributed by atoms with Crippen molar-refractivity contribution in [1.82, 2.24) is 10.2 Å². The number of carbonyl (C=O) groups is 1. The van der Waals surface area contributed by atoms with Gasteiger partial charge in [-0.05, 0) is 38.0 Å². The van der Waals surface area contributed by atoms with Crippen LogP contribution in [0.25, 0.3) is 0 Å². The molecular weight excluding hydrogens is 321 g/mol. The zero-order valence-corrected chi connectivity index (χ0v) is 13.5. The molecule has 2 aliphatic heterocycles. The first-order valence-electron chi connectivity index (χ1n) is 8.13. The molecule has 0 spiro atoms. The molecule has 1 aromatic carbocycles. The Hall–Kier alpha value is -1.76. The van der Waals surface area contributed by atoms with Gasteiger partial charge in [-0.3, -0.25) is 9.69 Å². The molecule has 3 rings (SSSR count). The zero-order chi connectivity index (χ0) is 17.4. The van der Waals surface area contributed by atoms with E-state index in [1.54, 1.807) is 0 Å². The number of fused-ring (bicyclic) bond motifs is 1. The third-order valence-corrected chi connectivity index (χ3v) is 4.97. The highest BCUT2D eigenvalue weighted by Gasteiger charge is 2.46. The number of alkyl halides is 3. The van der Waals surface area contributed by atoms with E-state index in [1.165, 1.54) is 12.1 Å². The fraction of sp³-hybridized carbons (Fsp3) is 0.588. The average Bonchev–Trinajstić information content (AvgIpc) is 2.82. The molecule has 2 saturated heterocycles. The Morgan fingerprint density at radius 2 is 2.21 bits per heavy atom. The summed E-state index contributed by atoms with van der Waals surface area (Å²) in [6.45, 7) is 3.87. The van der Waals surface area contributed by atoms with Crippen LogP contribution < -0.4 is 10.1 Å². The van der Waals surface area contributed by atoms with Crippen LogP contribution in [0.1, 0.15) is 31.7 Å². The van der Waals surface area contributed by atoms with Crippen molar-refractivity contribution in [2.75, 3.05) is 19.7 Å². The van der Waals surface area contributed by atoms with Gasteiger partial charge in [0.15, 0.2) is 0 Å². The van der Waals surface area contributed by atoms with Crippen LogP contribution in [0.15, 0.2) is 24.3 Å². The minimum absolute atomic E-state index is 0.0933. The number of carbonyl (C=O) groups excluding carboxylic acids is 1. The Morgan fingerprint density at radius 3 is 2.96 bits per heavy atom. The highest BCUT2D eigenvalue weighted by molar-refractivity contribution is 5.78. The van der Waals surface area contributed by atoms with Crippen molar-refractivity contribution in [2.45, 2.75) is 43.9 Å².